The van der Waals surface area contributed by atoms with Gasteiger partial charge in [0, 0.05) is 28.8 Å². The third-order valence-electron chi connectivity index (χ3n) is 3.02. The van der Waals surface area contributed by atoms with Gasteiger partial charge in [-0.05, 0) is 36.1 Å². The van der Waals surface area contributed by atoms with E-state index in [0.717, 1.165) is 22.9 Å². The molecule has 1 unspecified atom stereocenters. The molecule has 4 nitrogen and oxygen atoms in total. The number of halogens is 2. The monoisotopic (exact) mass is 342 g/mol. The number of nitrogens with two attached hydrogens (primary N) is 1. The van der Waals surface area contributed by atoms with Crippen molar-refractivity contribution in [1.29, 1.82) is 0 Å². The van der Waals surface area contributed by atoms with Crippen molar-refractivity contribution in [3.63, 3.8) is 0 Å². The quantitative estimate of drug-likeness (QED) is 0.648. The maximum absolute atomic E-state index is 5.95. The van der Waals surface area contributed by atoms with Crippen LogP contribution in [0.2, 0.25) is 5.02 Å². The molecule has 102 valence electrons. The summed E-state index contributed by atoms with van der Waals surface area (Å²) in [6.45, 7) is 0. The van der Waals surface area contributed by atoms with Gasteiger partial charge in [0.2, 0.25) is 0 Å². The predicted molar refractivity (Wildman–Crippen MR) is 80.7 cm³/mol. The zero-order valence-corrected chi connectivity index (χ0v) is 12.9. The molecule has 0 bridgehead atoms. The molecule has 3 N–H and O–H groups in total. The molecule has 0 spiro atoms. The Bertz CT molecular complexity index is 555. The molecule has 0 aliphatic heterocycles. The second-order valence-corrected chi connectivity index (χ2v) is 5.74. The molecule has 1 atom stereocenters. The van der Waals surface area contributed by atoms with Crippen LogP contribution in [0.25, 0.3) is 0 Å². The molecule has 0 saturated heterocycles. The lowest BCUT2D eigenvalue weighted by atomic mass is 10.0. The van der Waals surface area contributed by atoms with Gasteiger partial charge in [-0.3, -0.25) is 16.0 Å². The fourth-order valence-electron chi connectivity index (χ4n) is 2.02. The highest BCUT2D eigenvalue weighted by atomic mass is 79.9. The Morgan fingerprint density at radius 3 is 2.89 bits per heavy atom. The average molecular weight is 344 g/mol. The summed E-state index contributed by atoms with van der Waals surface area (Å²) >= 11 is 9.47. The molecule has 1 heterocycles. The van der Waals surface area contributed by atoms with Gasteiger partial charge in [-0.1, -0.05) is 33.6 Å². The SMILES string of the molecule is Cn1cc(CCC(NN)c2ccc(Cl)cc2Br)cn1. The summed E-state index contributed by atoms with van der Waals surface area (Å²) in [5.74, 6) is 5.66. The molecule has 19 heavy (non-hydrogen) atoms. The topological polar surface area (TPSA) is 55.9 Å². The van der Waals surface area contributed by atoms with Crippen LogP contribution < -0.4 is 11.3 Å². The molecule has 0 aliphatic carbocycles. The van der Waals surface area contributed by atoms with Crippen LogP contribution >= 0.6 is 27.5 Å². The Labute approximate surface area is 126 Å². The lowest BCUT2D eigenvalue weighted by molar-refractivity contribution is 0.514. The van der Waals surface area contributed by atoms with Crippen molar-refractivity contribution in [2.75, 3.05) is 0 Å². The van der Waals surface area contributed by atoms with Crippen LogP contribution in [-0.4, -0.2) is 9.78 Å². The van der Waals surface area contributed by atoms with Gasteiger partial charge in [0.05, 0.1) is 6.20 Å². The van der Waals surface area contributed by atoms with Crippen molar-refractivity contribution in [3.8, 4) is 0 Å². The maximum Gasteiger partial charge on any atom is 0.0521 e. The van der Waals surface area contributed by atoms with Gasteiger partial charge in [0.25, 0.3) is 0 Å². The van der Waals surface area contributed by atoms with Gasteiger partial charge in [-0.2, -0.15) is 5.10 Å². The number of nitrogens with one attached hydrogen (secondary N) is 1. The van der Waals surface area contributed by atoms with E-state index in [9.17, 15) is 0 Å². The molecule has 6 heteroatoms. The zero-order chi connectivity index (χ0) is 13.8. The number of benzene rings is 1. The Morgan fingerprint density at radius 1 is 1.53 bits per heavy atom. The second-order valence-electron chi connectivity index (χ2n) is 4.45. The van der Waals surface area contributed by atoms with Gasteiger partial charge in [0.1, 0.15) is 0 Å². The first-order valence-electron chi connectivity index (χ1n) is 5.98. The normalized spacial score (nSPS) is 12.6. The fraction of sp³-hybridized carbons (Fsp3) is 0.308. The lowest BCUT2D eigenvalue weighted by Gasteiger charge is -2.17. The standard InChI is InChI=1S/C13H16BrClN4/c1-19-8-9(7-17-19)2-5-13(18-16)11-4-3-10(15)6-12(11)14/h3-4,6-8,13,18H,2,5,16H2,1H3. The first kappa shape index (κ1) is 14.5. The van der Waals surface area contributed by atoms with Crippen molar-refractivity contribution in [2.24, 2.45) is 12.9 Å². The molecule has 0 amide bonds. The van der Waals surface area contributed by atoms with E-state index in [0.29, 0.717) is 5.02 Å². The van der Waals surface area contributed by atoms with E-state index < -0.39 is 0 Å². The van der Waals surface area contributed by atoms with Crippen LogP contribution in [0, 0.1) is 0 Å². The molecular formula is C13H16BrClN4. The lowest BCUT2D eigenvalue weighted by Crippen LogP contribution is -2.28. The van der Waals surface area contributed by atoms with E-state index in [-0.39, 0.29) is 6.04 Å². The Hall–Kier alpha value is -0.880. The summed E-state index contributed by atoms with van der Waals surface area (Å²) in [6, 6.07) is 5.81. The molecule has 0 saturated carbocycles. The van der Waals surface area contributed by atoms with Crippen molar-refractivity contribution >= 4 is 27.5 Å². The number of hydrogen-bond donors (Lipinski definition) is 2. The largest absolute Gasteiger partial charge is 0.276 e. The van der Waals surface area contributed by atoms with Crippen LogP contribution in [-0.2, 0) is 13.5 Å². The molecule has 0 aliphatic rings. The van der Waals surface area contributed by atoms with E-state index >= 15 is 0 Å². The summed E-state index contributed by atoms with van der Waals surface area (Å²) in [6.07, 6.45) is 5.70. The number of hydrogen-bond acceptors (Lipinski definition) is 3. The van der Waals surface area contributed by atoms with Crippen LogP contribution in [0.1, 0.15) is 23.6 Å². The molecule has 2 rings (SSSR count). The van der Waals surface area contributed by atoms with Crippen molar-refractivity contribution < 1.29 is 0 Å². The third kappa shape index (κ3) is 3.79. The van der Waals surface area contributed by atoms with Gasteiger partial charge >= 0.3 is 0 Å². The van der Waals surface area contributed by atoms with Crippen LogP contribution in [0.3, 0.4) is 0 Å². The predicted octanol–water partition coefficient (Wildman–Crippen LogP) is 2.97. The van der Waals surface area contributed by atoms with E-state index in [1.54, 1.807) is 4.68 Å². The van der Waals surface area contributed by atoms with Crippen LogP contribution in [0.5, 0.6) is 0 Å². The second kappa shape index (κ2) is 6.52. The summed E-state index contributed by atoms with van der Waals surface area (Å²) in [5, 5.41) is 4.87. The molecular weight excluding hydrogens is 328 g/mol. The molecule has 2 aromatic rings. The van der Waals surface area contributed by atoms with Gasteiger partial charge < -0.3 is 0 Å². The number of hydrazine groups is 1. The molecule has 1 aromatic carbocycles. The highest BCUT2D eigenvalue weighted by molar-refractivity contribution is 9.10. The Balaban J connectivity index is 2.07. The average Bonchev–Trinajstić information content (AvgIpc) is 2.78. The van der Waals surface area contributed by atoms with Gasteiger partial charge in [0.15, 0.2) is 0 Å². The summed E-state index contributed by atoms with van der Waals surface area (Å²) < 4.78 is 2.77. The highest BCUT2D eigenvalue weighted by Gasteiger charge is 2.13. The summed E-state index contributed by atoms with van der Waals surface area (Å²) in [4.78, 5) is 0. The zero-order valence-electron chi connectivity index (χ0n) is 10.6. The molecule has 0 fully saturated rings. The van der Waals surface area contributed by atoms with Crippen molar-refractivity contribution in [1.82, 2.24) is 15.2 Å². The molecule has 1 aromatic heterocycles. The Kier molecular flexibility index (Phi) is 4.99. The first-order valence-corrected chi connectivity index (χ1v) is 7.16. The highest BCUT2D eigenvalue weighted by Crippen LogP contribution is 2.28. The van der Waals surface area contributed by atoms with Gasteiger partial charge in [-0.25, -0.2) is 0 Å². The third-order valence-corrected chi connectivity index (χ3v) is 3.94. The number of aryl methyl sites for hydroxylation is 2. The van der Waals surface area contributed by atoms with Gasteiger partial charge in [-0.15, -0.1) is 0 Å². The summed E-state index contributed by atoms with van der Waals surface area (Å²) in [5.41, 5.74) is 5.16. The van der Waals surface area contributed by atoms with E-state index in [1.807, 2.05) is 37.6 Å². The van der Waals surface area contributed by atoms with E-state index in [4.69, 9.17) is 17.4 Å². The Morgan fingerprint density at radius 2 is 2.32 bits per heavy atom. The minimum atomic E-state index is 0.0758. The smallest absolute Gasteiger partial charge is 0.0521 e. The van der Waals surface area contributed by atoms with E-state index in [1.165, 1.54) is 5.56 Å². The number of rotatable bonds is 5. The van der Waals surface area contributed by atoms with E-state index in [2.05, 4.69) is 26.5 Å². The maximum atomic E-state index is 5.95. The van der Waals surface area contributed by atoms with Crippen molar-refractivity contribution in [2.45, 2.75) is 18.9 Å². The van der Waals surface area contributed by atoms with Crippen LogP contribution in [0.4, 0.5) is 0 Å². The summed E-state index contributed by atoms with van der Waals surface area (Å²) in [7, 11) is 1.91. The molecule has 0 radical (unpaired) electrons. The fourth-order valence-corrected chi connectivity index (χ4v) is 2.98. The number of aromatic nitrogens is 2. The minimum Gasteiger partial charge on any atom is -0.276 e. The number of nitrogens with zero attached hydrogens (tertiary/aromatic N) is 2. The minimum absolute atomic E-state index is 0.0758. The first-order chi connectivity index (χ1) is 9.10. The van der Waals surface area contributed by atoms with Crippen molar-refractivity contribution in [3.05, 3.63) is 51.2 Å². The van der Waals surface area contributed by atoms with Crippen LogP contribution in [0.15, 0.2) is 35.1 Å².